The Hall–Kier alpha value is -3.81. The third-order valence-corrected chi connectivity index (χ3v) is 5.00. The first-order valence-electron chi connectivity index (χ1n) is 9.87. The van der Waals surface area contributed by atoms with Gasteiger partial charge in [0, 0.05) is 10.9 Å². The molecule has 0 spiro atoms. The molecule has 4 rings (SSSR count). The van der Waals surface area contributed by atoms with Crippen LogP contribution >= 0.6 is 0 Å². The number of amides is 3. The molecular weight excluding hydrogens is 401 g/mol. The maximum Gasteiger partial charge on any atom is 0.282 e. The fourth-order valence-corrected chi connectivity index (χ4v) is 3.56. The monoisotopic (exact) mass is 421 g/mol. The van der Waals surface area contributed by atoms with Gasteiger partial charge in [-0.25, -0.2) is 4.39 Å². The molecule has 2 heterocycles. The highest BCUT2D eigenvalue weighted by atomic mass is 19.1. The number of benzene rings is 2. The van der Waals surface area contributed by atoms with Gasteiger partial charge in [-0.05, 0) is 55.3 Å². The van der Waals surface area contributed by atoms with E-state index in [9.17, 15) is 18.8 Å². The summed E-state index contributed by atoms with van der Waals surface area (Å²) in [6.45, 7) is 6.02. The van der Waals surface area contributed by atoms with Crippen LogP contribution in [0.5, 0.6) is 5.75 Å². The van der Waals surface area contributed by atoms with E-state index >= 15 is 0 Å². The van der Waals surface area contributed by atoms with Gasteiger partial charge in [-0.15, -0.1) is 0 Å². The van der Waals surface area contributed by atoms with Crippen LogP contribution in [-0.4, -0.2) is 34.3 Å². The van der Waals surface area contributed by atoms with Gasteiger partial charge in [0.25, 0.3) is 17.7 Å². The molecule has 1 N–H and O–H groups in total. The van der Waals surface area contributed by atoms with E-state index in [1.165, 1.54) is 30.3 Å². The highest BCUT2D eigenvalue weighted by Crippen LogP contribution is 2.34. The lowest BCUT2D eigenvalue weighted by atomic mass is 9.97. The summed E-state index contributed by atoms with van der Waals surface area (Å²) < 4.78 is 19.2. The maximum absolute atomic E-state index is 13.9. The SMILES string of the molecule is CCOc1ccc(C(=O)NN2C(=O)c3c(C(C)C)nc4ccc(F)cc4c3C2=O)cc1. The van der Waals surface area contributed by atoms with E-state index in [2.05, 4.69) is 10.4 Å². The quantitative estimate of drug-likeness (QED) is 0.633. The second kappa shape index (κ2) is 7.79. The number of aromatic nitrogens is 1. The predicted octanol–water partition coefficient (Wildman–Crippen LogP) is 3.84. The molecule has 0 saturated carbocycles. The van der Waals surface area contributed by atoms with Crippen molar-refractivity contribution in [2.24, 2.45) is 0 Å². The summed E-state index contributed by atoms with van der Waals surface area (Å²) in [7, 11) is 0. The van der Waals surface area contributed by atoms with Crippen molar-refractivity contribution in [1.82, 2.24) is 15.4 Å². The number of fused-ring (bicyclic) bond motifs is 3. The summed E-state index contributed by atoms with van der Waals surface area (Å²) >= 11 is 0. The van der Waals surface area contributed by atoms with Crippen molar-refractivity contribution < 1.29 is 23.5 Å². The zero-order valence-corrected chi connectivity index (χ0v) is 17.2. The molecule has 0 saturated heterocycles. The number of hydrogen-bond donors (Lipinski definition) is 1. The van der Waals surface area contributed by atoms with E-state index in [1.54, 1.807) is 12.1 Å². The van der Waals surface area contributed by atoms with Crippen LogP contribution < -0.4 is 10.2 Å². The Morgan fingerprint density at radius 3 is 2.42 bits per heavy atom. The van der Waals surface area contributed by atoms with Crippen molar-refractivity contribution in [1.29, 1.82) is 0 Å². The Morgan fingerprint density at radius 2 is 1.77 bits per heavy atom. The lowest BCUT2D eigenvalue weighted by molar-refractivity contribution is 0.0518. The molecule has 0 radical (unpaired) electrons. The van der Waals surface area contributed by atoms with Gasteiger partial charge in [0.05, 0.1) is 28.9 Å². The highest BCUT2D eigenvalue weighted by molar-refractivity contribution is 6.27. The van der Waals surface area contributed by atoms with E-state index in [0.717, 1.165) is 0 Å². The number of carbonyl (C=O) groups is 3. The zero-order chi connectivity index (χ0) is 22.3. The highest BCUT2D eigenvalue weighted by Gasteiger charge is 2.41. The summed E-state index contributed by atoms with van der Waals surface area (Å²) in [5, 5.41) is 0.900. The minimum atomic E-state index is -0.723. The molecule has 1 aliphatic rings. The number of imide groups is 1. The first-order valence-corrected chi connectivity index (χ1v) is 9.87. The molecule has 7 nitrogen and oxygen atoms in total. The summed E-state index contributed by atoms with van der Waals surface area (Å²) in [4.78, 5) is 43.4. The van der Waals surface area contributed by atoms with Crippen LogP contribution in [0.2, 0.25) is 0 Å². The second-order valence-corrected chi connectivity index (χ2v) is 7.41. The Labute approximate surface area is 177 Å². The number of halogens is 1. The number of rotatable bonds is 5. The Bertz CT molecular complexity index is 1220. The molecule has 1 aromatic heterocycles. The molecule has 3 amide bonds. The predicted molar refractivity (Wildman–Crippen MR) is 111 cm³/mol. The van der Waals surface area contributed by atoms with Crippen LogP contribution in [0.4, 0.5) is 4.39 Å². The van der Waals surface area contributed by atoms with Crippen molar-refractivity contribution in [3.8, 4) is 5.75 Å². The third kappa shape index (κ3) is 3.50. The van der Waals surface area contributed by atoms with Crippen LogP contribution in [0.3, 0.4) is 0 Å². The van der Waals surface area contributed by atoms with Crippen molar-refractivity contribution in [3.63, 3.8) is 0 Å². The molecule has 1 aliphatic heterocycles. The molecule has 2 aromatic carbocycles. The number of ether oxygens (including phenoxy) is 1. The Morgan fingerprint density at radius 1 is 1.10 bits per heavy atom. The van der Waals surface area contributed by atoms with E-state index in [0.29, 0.717) is 28.6 Å². The Balaban J connectivity index is 1.72. The van der Waals surface area contributed by atoms with Crippen LogP contribution in [0, 0.1) is 5.82 Å². The third-order valence-electron chi connectivity index (χ3n) is 5.00. The summed E-state index contributed by atoms with van der Waals surface area (Å²) in [6.07, 6.45) is 0. The largest absolute Gasteiger partial charge is 0.494 e. The lowest BCUT2D eigenvalue weighted by Crippen LogP contribution is -2.46. The fourth-order valence-electron chi connectivity index (χ4n) is 3.56. The van der Waals surface area contributed by atoms with E-state index < -0.39 is 23.5 Å². The maximum atomic E-state index is 13.9. The lowest BCUT2D eigenvalue weighted by Gasteiger charge is -2.15. The minimum absolute atomic E-state index is 0.0465. The summed E-state index contributed by atoms with van der Waals surface area (Å²) in [5.41, 5.74) is 3.58. The average Bonchev–Trinajstić information content (AvgIpc) is 2.99. The Kier molecular flexibility index (Phi) is 5.14. The molecule has 0 unspecified atom stereocenters. The van der Waals surface area contributed by atoms with Gasteiger partial charge in [0.15, 0.2) is 0 Å². The smallest absolute Gasteiger partial charge is 0.282 e. The molecule has 0 bridgehead atoms. The number of pyridine rings is 1. The van der Waals surface area contributed by atoms with Crippen LogP contribution in [0.15, 0.2) is 42.5 Å². The van der Waals surface area contributed by atoms with E-state index in [-0.39, 0.29) is 28.0 Å². The number of nitrogens with zero attached hydrogens (tertiary/aromatic N) is 2. The number of hydrazine groups is 1. The zero-order valence-electron chi connectivity index (χ0n) is 17.2. The van der Waals surface area contributed by atoms with Gasteiger partial charge in [-0.2, -0.15) is 5.01 Å². The molecule has 0 atom stereocenters. The summed E-state index contributed by atoms with van der Waals surface area (Å²) in [5.74, 6) is -2.17. The van der Waals surface area contributed by atoms with Gasteiger partial charge >= 0.3 is 0 Å². The molecule has 0 aliphatic carbocycles. The van der Waals surface area contributed by atoms with E-state index in [1.807, 2.05) is 20.8 Å². The van der Waals surface area contributed by atoms with Gasteiger partial charge in [0.1, 0.15) is 11.6 Å². The minimum Gasteiger partial charge on any atom is -0.494 e. The first-order chi connectivity index (χ1) is 14.8. The molecule has 158 valence electrons. The molecule has 8 heteroatoms. The molecule has 31 heavy (non-hydrogen) atoms. The molecule has 0 fully saturated rings. The molecular formula is C23H20FN3O4. The van der Waals surface area contributed by atoms with Gasteiger partial charge in [0.2, 0.25) is 0 Å². The van der Waals surface area contributed by atoms with Crippen LogP contribution in [0.1, 0.15) is 63.5 Å². The van der Waals surface area contributed by atoms with Crippen molar-refractivity contribution in [2.75, 3.05) is 6.61 Å². The number of carbonyl (C=O) groups excluding carboxylic acids is 3. The molecule has 3 aromatic rings. The van der Waals surface area contributed by atoms with Crippen molar-refractivity contribution in [2.45, 2.75) is 26.7 Å². The van der Waals surface area contributed by atoms with Gasteiger partial charge < -0.3 is 4.74 Å². The first kappa shape index (κ1) is 20.5. The van der Waals surface area contributed by atoms with E-state index in [4.69, 9.17) is 4.74 Å². The normalized spacial score (nSPS) is 13.1. The van der Waals surface area contributed by atoms with Crippen molar-refractivity contribution >= 4 is 28.6 Å². The summed E-state index contributed by atoms with van der Waals surface area (Å²) in [6, 6.07) is 10.2. The number of nitrogens with one attached hydrogen (secondary N) is 1. The van der Waals surface area contributed by atoms with Crippen molar-refractivity contribution in [3.05, 3.63) is 70.7 Å². The average molecular weight is 421 g/mol. The number of hydrogen-bond acceptors (Lipinski definition) is 5. The van der Waals surface area contributed by atoms with Gasteiger partial charge in [-0.1, -0.05) is 13.8 Å². The second-order valence-electron chi connectivity index (χ2n) is 7.41. The standard InChI is InChI=1S/C23H20FN3O4/c1-4-31-15-8-5-13(6-9-15)21(28)26-27-22(29)18-16-11-14(24)7-10-17(16)25-20(12(2)3)19(18)23(27)30/h5-12H,4H2,1-3H3,(H,26,28). The van der Waals surface area contributed by atoms with Crippen LogP contribution in [-0.2, 0) is 0 Å². The van der Waals surface area contributed by atoms with Crippen LogP contribution in [0.25, 0.3) is 10.9 Å². The fraction of sp³-hybridized carbons (Fsp3) is 0.217. The van der Waals surface area contributed by atoms with Gasteiger partial charge in [-0.3, -0.25) is 24.8 Å². The topological polar surface area (TPSA) is 88.6 Å².